The summed E-state index contributed by atoms with van der Waals surface area (Å²) in [4.78, 5) is 50.3. The molecular weight excluding hydrogens is 602 g/mol. The van der Waals surface area contributed by atoms with Gasteiger partial charge in [-0.25, -0.2) is 4.98 Å². The second kappa shape index (κ2) is 9.97. The highest BCUT2D eigenvalue weighted by molar-refractivity contribution is 9.10. The third-order valence-electron chi connectivity index (χ3n) is 8.50. The number of fused-ring (bicyclic) bond motifs is 2. The largest absolute Gasteiger partial charge is 0.350 e. The van der Waals surface area contributed by atoms with Gasteiger partial charge in [0.25, 0.3) is 0 Å². The maximum atomic E-state index is 13.9. The molecular formula is C30H31BrN7O4+. The molecule has 2 fully saturated rings. The number of likely N-dealkylation sites (tertiary alicyclic amines) is 1. The van der Waals surface area contributed by atoms with E-state index in [1.807, 2.05) is 38.1 Å². The number of pyridine rings is 1. The molecule has 2 N–H and O–H groups in total. The van der Waals surface area contributed by atoms with Crippen molar-refractivity contribution in [3.05, 3.63) is 63.9 Å². The SMILES string of the molecule is CC(=O)c1nn(CC(=O)N2C3C[C@]3(C)C[C@H]2C(=O)Nc2nc(Br)ccc2C)c2c(C)cc(-c3cnc(C)[n+](O)c3)cc12. The van der Waals surface area contributed by atoms with Crippen LogP contribution in [0.5, 0.6) is 0 Å². The first-order chi connectivity index (χ1) is 19.9. The molecule has 1 aliphatic heterocycles. The summed E-state index contributed by atoms with van der Waals surface area (Å²) < 4.78 is 3.13. The second-order valence-electron chi connectivity index (χ2n) is 11.7. The normalized spacial score (nSPS) is 21.0. The van der Waals surface area contributed by atoms with E-state index in [1.165, 1.54) is 6.92 Å². The van der Waals surface area contributed by atoms with Crippen molar-refractivity contribution in [3.63, 3.8) is 0 Å². The topological polar surface area (TPSA) is 134 Å². The van der Waals surface area contributed by atoms with Crippen LogP contribution in [0.4, 0.5) is 5.82 Å². The highest BCUT2D eigenvalue weighted by Crippen LogP contribution is 2.59. The Morgan fingerprint density at radius 1 is 1.14 bits per heavy atom. The lowest BCUT2D eigenvalue weighted by atomic mass is 10.0. The average Bonchev–Trinajstić information content (AvgIpc) is 3.28. The van der Waals surface area contributed by atoms with Crippen molar-refractivity contribution in [3.8, 4) is 11.1 Å². The van der Waals surface area contributed by atoms with Gasteiger partial charge in [0, 0.05) is 25.3 Å². The Morgan fingerprint density at radius 2 is 1.90 bits per heavy atom. The van der Waals surface area contributed by atoms with Crippen LogP contribution in [-0.4, -0.2) is 59.5 Å². The summed E-state index contributed by atoms with van der Waals surface area (Å²) in [6.07, 6.45) is 4.62. The first kappa shape index (κ1) is 28.0. The molecule has 1 saturated heterocycles. The third-order valence-corrected chi connectivity index (χ3v) is 8.94. The Balaban J connectivity index is 1.32. The number of hydrogen-bond acceptors (Lipinski definition) is 7. The molecule has 11 nitrogen and oxygen atoms in total. The number of rotatable bonds is 6. The van der Waals surface area contributed by atoms with Crippen molar-refractivity contribution in [1.82, 2.24) is 24.6 Å². The van der Waals surface area contributed by atoms with Crippen molar-refractivity contribution in [2.45, 2.75) is 66.1 Å². The molecule has 0 bridgehead atoms. The Kier molecular flexibility index (Phi) is 6.64. The van der Waals surface area contributed by atoms with Gasteiger partial charge in [-0.05, 0) is 82.9 Å². The number of amides is 2. The fourth-order valence-corrected chi connectivity index (χ4v) is 6.41. The van der Waals surface area contributed by atoms with E-state index in [4.69, 9.17) is 0 Å². The predicted molar refractivity (Wildman–Crippen MR) is 157 cm³/mol. The number of piperidine rings is 1. The minimum atomic E-state index is -0.637. The third kappa shape index (κ3) is 4.73. The van der Waals surface area contributed by atoms with Crippen molar-refractivity contribution >= 4 is 50.2 Å². The van der Waals surface area contributed by atoms with Gasteiger partial charge in [-0.2, -0.15) is 5.10 Å². The molecule has 1 unspecified atom stereocenters. The number of nitrogens with zero attached hydrogens (tertiary/aromatic N) is 6. The van der Waals surface area contributed by atoms with Crippen LogP contribution in [-0.2, 0) is 16.1 Å². The van der Waals surface area contributed by atoms with Crippen LogP contribution in [0.15, 0.2) is 41.3 Å². The smallest absolute Gasteiger partial charge is 0.333 e. The zero-order chi connectivity index (χ0) is 30.1. The molecule has 6 rings (SSSR count). The number of aryl methyl sites for hydroxylation is 3. The van der Waals surface area contributed by atoms with Crippen molar-refractivity contribution in [2.75, 3.05) is 5.32 Å². The van der Waals surface area contributed by atoms with Crippen molar-refractivity contribution < 1.29 is 24.3 Å². The maximum absolute atomic E-state index is 13.9. The quantitative estimate of drug-likeness (QED) is 0.142. The number of benzene rings is 1. The number of halogens is 1. The number of hydrogen-bond donors (Lipinski definition) is 2. The minimum absolute atomic E-state index is 0.0293. The Bertz CT molecular complexity index is 1820. The van der Waals surface area contributed by atoms with Crippen LogP contribution >= 0.6 is 15.9 Å². The molecule has 216 valence electrons. The number of Topliss-reactive ketones (excluding diaryl/α,β-unsaturated/α-hetero) is 1. The van der Waals surface area contributed by atoms with Crippen LogP contribution in [0.1, 0.15) is 54.1 Å². The van der Waals surface area contributed by atoms with Gasteiger partial charge in [-0.15, -0.1) is 0 Å². The van der Waals surface area contributed by atoms with Crippen LogP contribution in [0.3, 0.4) is 0 Å². The van der Waals surface area contributed by atoms with E-state index in [0.717, 1.165) is 27.8 Å². The van der Waals surface area contributed by atoms with Crippen LogP contribution in [0.25, 0.3) is 22.0 Å². The number of aromatic nitrogens is 5. The molecule has 42 heavy (non-hydrogen) atoms. The van der Waals surface area contributed by atoms with E-state index < -0.39 is 6.04 Å². The Hall–Kier alpha value is -4.19. The highest BCUT2D eigenvalue weighted by Gasteiger charge is 2.64. The van der Waals surface area contributed by atoms with Crippen molar-refractivity contribution in [1.29, 1.82) is 0 Å². The summed E-state index contributed by atoms with van der Waals surface area (Å²) in [7, 11) is 0. The number of carbonyl (C=O) groups excluding carboxylic acids is 3. The molecule has 4 heterocycles. The zero-order valence-corrected chi connectivity index (χ0v) is 25.6. The number of anilines is 1. The molecule has 1 aliphatic carbocycles. The predicted octanol–water partition coefficient (Wildman–Crippen LogP) is 3.93. The first-order valence-electron chi connectivity index (χ1n) is 13.7. The highest BCUT2D eigenvalue weighted by atomic mass is 79.9. The molecule has 12 heteroatoms. The van der Waals surface area contributed by atoms with E-state index in [-0.39, 0.29) is 41.3 Å². The van der Waals surface area contributed by atoms with E-state index in [9.17, 15) is 19.6 Å². The molecule has 4 aromatic rings. The van der Waals surface area contributed by atoms with E-state index >= 15 is 0 Å². The lowest BCUT2D eigenvalue weighted by Crippen LogP contribution is -2.47. The summed E-state index contributed by atoms with van der Waals surface area (Å²) in [5, 5.41) is 18.2. The summed E-state index contributed by atoms with van der Waals surface area (Å²) in [6, 6.07) is 6.75. The van der Waals surface area contributed by atoms with E-state index in [2.05, 4.69) is 43.2 Å². The molecule has 3 aromatic heterocycles. The number of ketones is 1. The van der Waals surface area contributed by atoms with Crippen LogP contribution < -0.4 is 10.0 Å². The number of carbonyl (C=O) groups is 3. The fourth-order valence-electron chi connectivity index (χ4n) is 6.10. The van der Waals surface area contributed by atoms with Crippen molar-refractivity contribution in [2.24, 2.45) is 5.41 Å². The average molecular weight is 634 g/mol. The molecule has 1 saturated carbocycles. The van der Waals surface area contributed by atoms with Gasteiger partial charge >= 0.3 is 5.82 Å². The first-order valence-corrected chi connectivity index (χ1v) is 14.5. The van der Waals surface area contributed by atoms with Gasteiger partial charge < -0.3 is 15.4 Å². The summed E-state index contributed by atoms with van der Waals surface area (Å²) in [5.74, 6) is 0.169. The summed E-state index contributed by atoms with van der Waals surface area (Å²) in [6.45, 7) is 8.88. The second-order valence-corrected chi connectivity index (χ2v) is 12.5. The molecule has 0 radical (unpaired) electrons. The number of nitrogens with one attached hydrogen (secondary N) is 1. The molecule has 0 spiro atoms. The van der Waals surface area contributed by atoms with Gasteiger partial charge in [0.15, 0.2) is 12.0 Å². The zero-order valence-electron chi connectivity index (χ0n) is 24.0. The molecule has 2 amide bonds. The lowest BCUT2D eigenvalue weighted by Gasteiger charge is -2.27. The summed E-state index contributed by atoms with van der Waals surface area (Å²) >= 11 is 3.35. The van der Waals surface area contributed by atoms with E-state index in [0.29, 0.717) is 39.1 Å². The Labute approximate surface area is 250 Å². The van der Waals surface area contributed by atoms with Gasteiger partial charge in [-0.3, -0.25) is 19.1 Å². The Morgan fingerprint density at radius 3 is 2.62 bits per heavy atom. The fraction of sp³-hybridized carbons (Fsp3) is 0.367. The van der Waals surface area contributed by atoms with Crippen LogP contribution in [0, 0.1) is 26.2 Å². The van der Waals surface area contributed by atoms with Gasteiger partial charge in [0.2, 0.25) is 11.8 Å². The lowest BCUT2D eigenvalue weighted by molar-refractivity contribution is -0.910. The van der Waals surface area contributed by atoms with Crippen LogP contribution in [0.2, 0.25) is 0 Å². The molecule has 1 aromatic carbocycles. The standard InChI is InChI=1S/C30H30BrN7O4/c1-15-6-7-24(31)33-28(15)34-29(41)22-10-30(5)11-23(30)38(22)25(40)14-36-27-16(2)8-19(9-21(27)26(35-36)17(3)39)20-12-32-18(4)37(42)13-20/h6-9,12-13,22-23H,10-11,14H2,1-5H3,(H-,33,34,41,42)/p+1/t22-,23?,30-/m0/s1. The molecule has 3 atom stereocenters. The maximum Gasteiger partial charge on any atom is 0.333 e. The van der Waals surface area contributed by atoms with Gasteiger partial charge in [0.05, 0.1) is 11.1 Å². The minimum Gasteiger partial charge on any atom is -0.350 e. The molecule has 2 aliphatic rings. The van der Waals surface area contributed by atoms with Gasteiger partial charge in [0.1, 0.15) is 34.9 Å². The summed E-state index contributed by atoms with van der Waals surface area (Å²) in [5.41, 5.74) is 3.87. The van der Waals surface area contributed by atoms with E-state index in [1.54, 1.807) is 28.9 Å². The van der Waals surface area contributed by atoms with Gasteiger partial charge in [-0.1, -0.05) is 22.7 Å². The monoisotopic (exact) mass is 632 g/mol.